The highest BCUT2D eigenvalue weighted by atomic mass is 16.3. The number of fused-ring (bicyclic) bond motifs is 5. The van der Waals surface area contributed by atoms with Gasteiger partial charge in [0.2, 0.25) is 0 Å². The Bertz CT molecular complexity index is 884. The van der Waals surface area contributed by atoms with Gasteiger partial charge in [0.15, 0.2) is 5.78 Å². The molecular weight excluding hydrogens is 398 g/mol. The van der Waals surface area contributed by atoms with Crippen molar-refractivity contribution in [2.24, 2.45) is 47.3 Å². The van der Waals surface area contributed by atoms with Crippen molar-refractivity contribution in [2.75, 3.05) is 0 Å². The fourth-order valence-corrected chi connectivity index (χ4v) is 8.72. The highest BCUT2D eigenvalue weighted by molar-refractivity contribution is 5.81. The van der Waals surface area contributed by atoms with Crippen LogP contribution in [0, 0.1) is 58.7 Å². The summed E-state index contributed by atoms with van der Waals surface area (Å²) < 4.78 is 1.66. The number of rotatable bonds is 3. The first-order chi connectivity index (χ1) is 15.4. The Morgan fingerprint density at radius 1 is 1.19 bits per heavy atom. The fourth-order valence-electron chi connectivity index (χ4n) is 8.72. The zero-order chi connectivity index (χ0) is 22.5. The Balaban J connectivity index is 1.35. The molecule has 4 saturated carbocycles. The van der Waals surface area contributed by atoms with Gasteiger partial charge in [-0.3, -0.25) is 9.48 Å². The van der Waals surface area contributed by atoms with Gasteiger partial charge in [0.1, 0.15) is 6.07 Å². The third kappa shape index (κ3) is 4.04. The van der Waals surface area contributed by atoms with Crippen LogP contribution in [0.5, 0.6) is 0 Å². The van der Waals surface area contributed by atoms with E-state index < -0.39 is 5.60 Å². The van der Waals surface area contributed by atoms with E-state index >= 15 is 0 Å². The smallest absolute Gasteiger partial charge is 0.157 e. The minimum absolute atomic E-state index is 0.137. The van der Waals surface area contributed by atoms with Gasteiger partial charge >= 0.3 is 0 Å². The van der Waals surface area contributed by atoms with Crippen LogP contribution in [0.15, 0.2) is 12.4 Å². The van der Waals surface area contributed by atoms with Crippen molar-refractivity contribution < 1.29 is 9.90 Å². The maximum absolute atomic E-state index is 13.5. The molecule has 0 aromatic carbocycles. The molecule has 0 radical (unpaired) electrons. The van der Waals surface area contributed by atoms with E-state index in [1.807, 2.05) is 6.92 Å². The molecule has 5 nitrogen and oxygen atoms in total. The summed E-state index contributed by atoms with van der Waals surface area (Å²) in [6, 6.07) is 2.11. The molecule has 4 fully saturated rings. The van der Waals surface area contributed by atoms with E-state index in [0.29, 0.717) is 41.6 Å². The maximum atomic E-state index is 13.5. The van der Waals surface area contributed by atoms with Crippen LogP contribution in [0.2, 0.25) is 0 Å². The molecule has 5 rings (SSSR count). The van der Waals surface area contributed by atoms with E-state index in [1.165, 1.54) is 38.5 Å². The van der Waals surface area contributed by atoms with Gasteiger partial charge in [0, 0.05) is 12.1 Å². The van der Waals surface area contributed by atoms with Gasteiger partial charge in [-0.15, -0.1) is 0 Å². The van der Waals surface area contributed by atoms with Crippen LogP contribution in [0.25, 0.3) is 0 Å². The number of aliphatic hydroxyl groups is 1. The molecule has 32 heavy (non-hydrogen) atoms. The standard InChI is InChI=1S/C27H39N3O2/c1-17-11-24-20-9-10-27(2,32)12-19(20)7-8-21(24)22-5-3-4-6-23(26(17)22)25(31)16-30-15-18(13-28)14-29-30/h14-15,17,19-24,26,32H,3-12,16H2,1-2H3/t17-,19+,20-,21-,22-,23-,24+,26-,27+/m0/s1. The maximum Gasteiger partial charge on any atom is 0.157 e. The summed E-state index contributed by atoms with van der Waals surface area (Å²) in [6.45, 7) is 4.76. The Kier molecular flexibility index (Phi) is 5.95. The lowest BCUT2D eigenvalue weighted by Gasteiger charge is -2.57. The summed E-state index contributed by atoms with van der Waals surface area (Å²) >= 11 is 0. The number of nitriles is 1. The summed E-state index contributed by atoms with van der Waals surface area (Å²) in [4.78, 5) is 13.5. The van der Waals surface area contributed by atoms with E-state index in [1.54, 1.807) is 17.1 Å². The highest BCUT2D eigenvalue weighted by Gasteiger charge is 2.53. The predicted octanol–water partition coefficient (Wildman–Crippen LogP) is 4.98. The molecule has 174 valence electrons. The second-order valence-corrected chi connectivity index (χ2v) is 11.9. The Morgan fingerprint density at radius 2 is 2.00 bits per heavy atom. The summed E-state index contributed by atoms with van der Waals surface area (Å²) in [5.41, 5.74) is 0.0582. The third-order valence-electron chi connectivity index (χ3n) is 9.90. The van der Waals surface area contributed by atoms with Crippen LogP contribution in [-0.4, -0.2) is 26.3 Å². The van der Waals surface area contributed by atoms with Crippen LogP contribution in [0.4, 0.5) is 0 Å². The monoisotopic (exact) mass is 437 g/mol. The number of carbonyl (C=O) groups excluding carboxylic acids is 1. The predicted molar refractivity (Wildman–Crippen MR) is 122 cm³/mol. The van der Waals surface area contributed by atoms with Gasteiger partial charge in [-0.25, -0.2) is 0 Å². The Morgan fingerprint density at radius 3 is 2.78 bits per heavy atom. The number of carbonyl (C=O) groups is 1. The van der Waals surface area contributed by atoms with E-state index in [9.17, 15) is 9.90 Å². The van der Waals surface area contributed by atoms with Gasteiger partial charge in [-0.1, -0.05) is 19.8 Å². The number of ketones is 1. The molecule has 0 aliphatic heterocycles. The molecule has 1 N–H and O–H groups in total. The molecule has 0 spiro atoms. The fraction of sp³-hybridized carbons (Fsp3) is 0.815. The van der Waals surface area contributed by atoms with Gasteiger partial charge in [0.05, 0.1) is 23.9 Å². The minimum atomic E-state index is -0.464. The van der Waals surface area contributed by atoms with Crippen molar-refractivity contribution in [3.05, 3.63) is 18.0 Å². The summed E-state index contributed by atoms with van der Waals surface area (Å²) in [7, 11) is 0. The van der Waals surface area contributed by atoms with Crippen molar-refractivity contribution in [2.45, 2.75) is 90.2 Å². The highest BCUT2D eigenvalue weighted by Crippen LogP contribution is 2.59. The van der Waals surface area contributed by atoms with Crippen LogP contribution >= 0.6 is 0 Å². The second-order valence-electron chi connectivity index (χ2n) is 11.9. The molecule has 0 amide bonds. The molecule has 1 aromatic heterocycles. The molecule has 1 aromatic rings. The van der Waals surface area contributed by atoms with Crippen molar-refractivity contribution in [1.29, 1.82) is 5.26 Å². The van der Waals surface area contributed by atoms with Gasteiger partial charge < -0.3 is 5.11 Å². The van der Waals surface area contributed by atoms with E-state index in [2.05, 4.69) is 18.1 Å². The summed E-state index contributed by atoms with van der Waals surface area (Å²) in [6.07, 6.45) is 14.9. The first kappa shape index (κ1) is 22.1. The zero-order valence-electron chi connectivity index (χ0n) is 19.7. The molecule has 5 heteroatoms. The lowest BCUT2D eigenvalue weighted by molar-refractivity contribution is -0.134. The molecule has 0 saturated heterocycles. The van der Waals surface area contributed by atoms with Crippen LogP contribution in [0.1, 0.15) is 83.6 Å². The minimum Gasteiger partial charge on any atom is -0.390 e. The third-order valence-corrected chi connectivity index (χ3v) is 9.90. The summed E-state index contributed by atoms with van der Waals surface area (Å²) in [5, 5.41) is 24.0. The van der Waals surface area contributed by atoms with Crippen molar-refractivity contribution in [3.8, 4) is 6.07 Å². The molecule has 4 aliphatic rings. The quantitative estimate of drug-likeness (QED) is 0.723. The second kappa shape index (κ2) is 8.60. The lowest BCUT2D eigenvalue weighted by Crippen LogP contribution is -2.51. The number of nitrogens with zero attached hydrogens (tertiary/aromatic N) is 3. The van der Waals surface area contributed by atoms with E-state index in [-0.39, 0.29) is 5.92 Å². The summed E-state index contributed by atoms with van der Waals surface area (Å²) in [5.74, 6) is 5.26. The molecule has 0 bridgehead atoms. The van der Waals surface area contributed by atoms with Crippen molar-refractivity contribution >= 4 is 5.78 Å². The van der Waals surface area contributed by atoms with E-state index in [0.717, 1.165) is 43.4 Å². The average Bonchev–Trinajstić information content (AvgIpc) is 3.08. The van der Waals surface area contributed by atoms with Gasteiger partial charge in [-0.05, 0) is 99.7 Å². The first-order valence-corrected chi connectivity index (χ1v) is 13.0. The average molecular weight is 438 g/mol. The molecule has 1 heterocycles. The molecular formula is C27H39N3O2. The van der Waals surface area contributed by atoms with Crippen molar-refractivity contribution in [1.82, 2.24) is 9.78 Å². The topological polar surface area (TPSA) is 78.9 Å². The number of hydrogen-bond acceptors (Lipinski definition) is 4. The molecule has 9 atom stereocenters. The van der Waals surface area contributed by atoms with Crippen LogP contribution in [0.3, 0.4) is 0 Å². The van der Waals surface area contributed by atoms with Gasteiger partial charge in [-0.2, -0.15) is 10.4 Å². The van der Waals surface area contributed by atoms with Crippen LogP contribution in [-0.2, 0) is 11.3 Å². The molecule has 0 unspecified atom stereocenters. The number of Topliss-reactive ketones (excluding diaryl/α,β-unsaturated/α-hetero) is 1. The van der Waals surface area contributed by atoms with Crippen LogP contribution < -0.4 is 0 Å². The Labute approximate surface area is 192 Å². The van der Waals surface area contributed by atoms with E-state index in [4.69, 9.17) is 5.26 Å². The number of hydrogen-bond donors (Lipinski definition) is 1. The normalized spacial score (nSPS) is 43.8. The molecule has 4 aliphatic carbocycles. The SMILES string of the molecule is C[C@H]1C[C@H]2[C@@H](CC[C@@H]3C[C@](C)(O)CC[C@@H]32)[C@@H]2CCCC[C@@H](C(=O)Cn3cc(C#N)cn3)[C@H]21. The van der Waals surface area contributed by atoms with Crippen molar-refractivity contribution in [3.63, 3.8) is 0 Å². The number of aromatic nitrogens is 2. The first-order valence-electron chi connectivity index (χ1n) is 13.0. The zero-order valence-corrected chi connectivity index (χ0v) is 19.7. The Hall–Kier alpha value is -1.67. The lowest BCUT2D eigenvalue weighted by atomic mass is 9.48. The largest absolute Gasteiger partial charge is 0.390 e. The van der Waals surface area contributed by atoms with Gasteiger partial charge in [0.25, 0.3) is 0 Å².